The van der Waals surface area contributed by atoms with Gasteiger partial charge in [-0.25, -0.2) is 4.79 Å². The molecule has 1 atom stereocenters. The van der Waals surface area contributed by atoms with Crippen molar-refractivity contribution in [2.24, 2.45) is 0 Å². The Morgan fingerprint density at radius 2 is 2.32 bits per heavy atom. The first-order valence-electron chi connectivity index (χ1n) is 5.93. The van der Waals surface area contributed by atoms with Crippen LogP contribution in [0.3, 0.4) is 0 Å². The van der Waals surface area contributed by atoms with Crippen molar-refractivity contribution in [1.29, 1.82) is 0 Å². The number of benzene rings is 1. The smallest absolute Gasteiger partial charge is 0.342 e. The van der Waals surface area contributed by atoms with E-state index in [4.69, 9.17) is 21.1 Å². The number of methoxy groups -OCH3 is 1. The second-order valence-corrected chi connectivity index (χ2v) is 5.71. The minimum Gasteiger partial charge on any atom is -0.496 e. The van der Waals surface area contributed by atoms with Gasteiger partial charge in [-0.15, -0.1) is 11.8 Å². The van der Waals surface area contributed by atoms with Crippen LogP contribution in [0.5, 0.6) is 5.75 Å². The lowest BCUT2D eigenvalue weighted by molar-refractivity contribution is -0.167. The van der Waals surface area contributed by atoms with E-state index in [1.807, 2.05) is 0 Å². The summed E-state index contributed by atoms with van der Waals surface area (Å²) in [7, 11) is 1.53. The Morgan fingerprint density at radius 3 is 2.95 bits per heavy atom. The van der Waals surface area contributed by atoms with Crippen molar-refractivity contribution in [3.05, 3.63) is 22.7 Å². The van der Waals surface area contributed by atoms with Crippen LogP contribution in [0.2, 0.25) is 5.02 Å². The summed E-state index contributed by atoms with van der Waals surface area (Å²) in [5, 5.41) is 11.1. The van der Waals surface area contributed by atoms with Gasteiger partial charge in [0, 0.05) is 22.8 Å². The Hall–Kier alpha value is -0.910. The molecule has 1 heterocycles. The van der Waals surface area contributed by atoms with Crippen LogP contribution >= 0.6 is 23.4 Å². The van der Waals surface area contributed by atoms with Crippen LogP contribution in [0.4, 0.5) is 0 Å². The van der Waals surface area contributed by atoms with E-state index in [9.17, 15) is 9.90 Å². The Morgan fingerprint density at radius 1 is 1.58 bits per heavy atom. The van der Waals surface area contributed by atoms with E-state index in [0.29, 0.717) is 28.5 Å². The molecule has 1 aromatic carbocycles. The molecule has 1 aliphatic rings. The van der Waals surface area contributed by atoms with E-state index in [1.54, 1.807) is 19.1 Å². The number of fused-ring (bicyclic) bond motifs is 1. The number of hydrogen-bond donors (Lipinski definition) is 1. The zero-order valence-electron chi connectivity index (χ0n) is 10.7. The summed E-state index contributed by atoms with van der Waals surface area (Å²) >= 11 is 7.55. The summed E-state index contributed by atoms with van der Waals surface area (Å²) in [4.78, 5) is 12.8. The van der Waals surface area contributed by atoms with Crippen LogP contribution in [0.25, 0.3) is 0 Å². The zero-order valence-corrected chi connectivity index (χ0v) is 12.3. The number of esters is 1. The van der Waals surface area contributed by atoms with Gasteiger partial charge in [0.15, 0.2) is 5.60 Å². The molecule has 1 aromatic rings. The number of ether oxygens (including phenoxy) is 2. The lowest BCUT2D eigenvalue weighted by atomic mass is 9.90. The predicted molar refractivity (Wildman–Crippen MR) is 73.9 cm³/mol. The van der Waals surface area contributed by atoms with E-state index in [1.165, 1.54) is 18.9 Å². The molecule has 6 heteroatoms. The molecule has 1 N–H and O–H groups in total. The fourth-order valence-corrected chi connectivity index (χ4v) is 3.55. The van der Waals surface area contributed by atoms with Crippen molar-refractivity contribution in [2.75, 3.05) is 19.5 Å². The molecule has 1 aliphatic heterocycles. The van der Waals surface area contributed by atoms with Crippen LogP contribution in [0, 0.1) is 0 Å². The van der Waals surface area contributed by atoms with E-state index >= 15 is 0 Å². The molecule has 0 spiro atoms. The largest absolute Gasteiger partial charge is 0.496 e. The Kier molecular flexibility index (Phi) is 4.28. The Balaban J connectivity index is 2.55. The molecule has 2 rings (SSSR count). The average molecular weight is 303 g/mol. The molecule has 0 saturated heterocycles. The first-order chi connectivity index (χ1) is 9.02. The average Bonchev–Trinajstić information content (AvgIpc) is 2.39. The number of aliphatic hydroxyl groups is 1. The Labute approximate surface area is 121 Å². The maximum absolute atomic E-state index is 12.0. The molecule has 104 valence electrons. The van der Waals surface area contributed by atoms with Gasteiger partial charge in [-0.05, 0) is 19.1 Å². The molecular formula is C13H15ClO4S. The second-order valence-electron chi connectivity index (χ2n) is 4.16. The van der Waals surface area contributed by atoms with Crippen LogP contribution in [-0.4, -0.2) is 30.5 Å². The number of thioether (sulfide) groups is 1. The van der Waals surface area contributed by atoms with Gasteiger partial charge in [-0.1, -0.05) is 11.6 Å². The van der Waals surface area contributed by atoms with E-state index in [-0.39, 0.29) is 6.61 Å². The van der Waals surface area contributed by atoms with Crippen molar-refractivity contribution >= 4 is 29.3 Å². The lowest BCUT2D eigenvalue weighted by Gasteiger charge is -2.32. The van der Waals surface area contributed by atoms with E-state index in [0.717, 1.165) is 4.90 Å². The van der Waals surface area contributed by atoms with Crippen molar-refractivity contribution in [3.8, 4) is 5.75 Å². The number of carbonyl (C=O) groups excluding carboxylic acids is 1. The second kappa shape index (κ2) is 5.61. The minimum absolute atomic E-state index is 0.224. The third kappa shape index (κ3) is 2.55. The molecular weight excluding hydrogens is 288 g/mol. The fourth-order valence-electron chi connectivity index (χ4n) is 2.07. The quantitative estimate of drug-likeness (QED) is 0.870. The van der Waals surface area contributed by atoms with Crippen molar-refractivity contribution in [1.82, 2.24) is 0 Å². The summed E-state index contributed by atoms with van der Waals surface area (Å²) in [6.45, 7) is 1.93. The number of hydrogen-bond acceptors (Lipinski definition) is 5. The Bertz CT molecular complexity index is 506. The number of halogens is 1. The topological polar surface area (TPSA) is 55.8 Å². The third-order valence-electron chi connectivity index (χ3n) is 3.01. The van der Waals surface area contributed by atoms with Crippen molar-refractivity contribution in [3.63, 3.8) is 0 Å². The standard InChI is InChI=1S/C13H15ClO4S/c1-3-18-12(15)13(16)4-5-19-11-9(13)6-8(14)7-10(11)17-2/h6-7,16H,3-5H2,1-2H3. The summed E-state index contributed by atoms with van der Waals surface area (Å²) in [6, 6.07) is 3.27. The molecule has 1 unspecified atom stereocenters. The van der Waals surface area contributed by atoms with Crippen molar-refractivity contribution in [2.45, 2.75) is 23.8 Å². The van der Waals surface area contributed by atoms with Crippen LogP contribution in [0.1, 0.15) is 18.9 Å². The molecule has 0 amide bonds. The van der Waals surface area contributed by atoms with Gasteiger partial charge in [-0.3, -0.25) is 0 Å². The van der Waals surface area contributed by atoms with Crippen LogP contribution in [-0.2, 0) is 15.1 Å². The fraction of sp³-hybridized carbons (Fsp3) is 0.462. The van der Waals surface area contributed by atoms with Crippen LogP contribution < -0.4 is 4.74 Å². The maximum atomic E-state index is 12.0. The molecule has 0 saturated carbocycles. The summed E-state index contributed by atoms with van der Waals surface area (Å²) in [6.07, 6.45) is 0.299. The van der Waals surface area contributed by atoms with Gasteiger partial charge >= 0.3 is 5.97 Å². The van der Waals surface area contributed by atoms with Gasteiger partial charge in [0.1, 0.15) is 5.75 Å². The maximum Gasteiger partial charge on any atom is 0.342 e. The van der Waals surface area contributed by atoms with Gasteiger partial charge in [0.2, 0.25) is 0 Å². The molecule has 4 nitrogen and oxygen atoms in total. The highest BCUT2D eigenvalue weighted by Gasteiger charge is 2.44. The van der Waals surface area contributed by atoms with Gasteiger partial charge in [-0.2, -0.15) is 0 Å². The monoisotopic (exact) mass is 302 g/mol. The van der Waals surface area contributed by atoms with E-state index < -0.39 is 11.6 Å². The lowest BCUT2D eigenvalue weighted by Crippen LogP contribution is -2.40. The SMILES string of the molecule is CCOC(=O)C1(O)CCSc2c(OC)cc(Cl)cc21. The first-order valence-corrected chi connectivity index (χ1v) is 7.29. The van der Waals surface area contributed by atoms with Crippen LogP contribution in [0.15, 0.2) is 17.0 Å². The predicted octanol–water partition coefficient (Wildman–Crippen LogP) is 2.60. The summed E-state index contributed by atoms with van der Waals surface area (Å²) in [5.74, 6) is 0.538. The molecule has 19 heavy (non-hydrogen) atoms. The number of rotatable bonds is 3. The molecule has 0 aliphatic carbocycles. The normalized spacial score (nSPS) is 21.7. The van der Waals surface area contributed by atoms with Crippen molar-refractivity contribution < 1.29 is 19.4 Å². The molecule has 0 aromatic heterocycles. The molecule has 0 fully saturated rings. The van der Waals surface area contributed by atoms with E-state index in [2.05, 4.69) is 0 Å². The molecule has 0 radical (unpaired) electrons. The third-order valence-corrected chi connectivity index (χ3v) is 4.34. The zero-order chi connectivity index (χ0) is 14.0. The minimum atomic E-state index is -1.64. The highest BCUT2D eigenvalue weighted by molar-refractivity contribution is 7.99. The number of carbonyl (C=O) groups is 1. The highest BCUT2D eigenvalue weighted by atomic mass is 35.5. The van der Waals surface area contributed by atoms with Gasteiger partial charge < -0.3 is 14.6 Å². The first kappa shape index (κ1) is 14.5. The van der Waals surface area contributed by atoms with Gasteiger partial charge in [0.05, 0.1) is 18.6 Å². The molecule has 0 bridgehead atoms. The van der Waals surface area contributed by atoms with Gasteiger partial charge in [0.25, 0.3) is 0 Å². The highest BCUT2D eigenvalue weighted by Crippen LogP contribution is 2.46. The summed E-state index contributed by atoms with van der Waals surface area (Å²) < 4.78 is 10.2. The summed E-state index contributed by atoms with van der Waals surface area (Å²) in [5.41, 5.74) is -1.18.